The molecule has 1 unspecified atom stereocenters. The molecule has 0 fully saturated rings. The van der Waals surface area contributed by atoms with Gasteiger partial charge in [-0.1, -0.05) is 0 Å². The van der Waals surface area contributed by atoms with Crippen molar-refractivity contribution in [3.8, 4) is 0 Å². The molecule has 1 aromatic heterocycles. The maximum atomic E-state index is 10.9. The fraction of sp³-hybridized carbons (Fsp3) is 0.333. The Morgan fingerprint density at radius 2 is 2.24 bits per heavy atom. The summed E-state index contributed by atoms with van der Waals surface area (Å²) >= 11 is 0. The Balaban J connectivity index is 2.62. The number of nitrogens with two attached hydrogens (primary N) is 1. The number of anilines is 1. The molecule has 94 valence electrons. The number of pyridine rings is 1. The van der Waals surface area contributed by atoms with Crippen molar-refractivity contribution in [1.29, 1.82) is 0 Å². The summed E-state index contributed by atoms with van der Waals surface area (Å²) in [5, 5.41) is 15.6. The molecule has 0 aliphatic rings. The van der Waals surface area contributed by atoms with Crippen LogP contribution in [0, 0.1) is 0 Å². The minimum absolute atomic E-state index is 0.0649. The van der Waals surface area contributed by atoms with Crippen molar-refractivity contribution in [1.82, 2.24) is 4.98 Å². The van der Waals surface area contributed by atoms with E-state index in [0.29, 0.717) is 5.82 Å². The van der Waals surface area contributed by atoms with Gasteiger partial charge in [-0.25, -0.2) is 23.3 Å². The number of rotatable bonds is 5. The van der Waals surface area contributed by atoms with Gasteiger partial charge in [0.1, 0.15) is 5.82 Å². The molecule has 0 aromatic carbocycles. The van der Waals surface area contributed by atoms with Gasteiger partial charge in [-0.2, -0.15) is 0 Å². The molecule has 1 aromatic rings. The standard InChI is InChI=1S/C9H13N3O4S/c1-6(17(10,15)16)4-11-8-3-2-7(5-12-8)9(13)14/h2-3,5-6H,4H2,1H3,(H,11,12)(H,13,14)(H2,10,15,16). The summed E-state index contributed by atoms with van der Waals surface area (Å²) in [5.74, 6) is -0.674. The second-order valence-electron chi connectivity index (χ2n) is 3.52. The molecular weight excluding hydrogens is 246 g/mol. The molecule has 1 heterocycles. The first kappa shape index (κ1) is 13.4. The Morgan fingerprint density at radius 1 is 1.59 bits per heavy atom. The van der Waals surface area contributed by atoms with E-state index in [1.165, 1.54) is 25.3 Å². The first-order chi connectivity index (χ1) is 7.80. The summed E-state index contributed by atoms with van der Waals surface area (Å²) in [6.07, 6.45) is 1.19. The van der Waals surface area contributed by atoms with Gasteiger partial charge in [0.15, 0.2) is 0 Å². The van der Waals surface area contributed by atoms with Crippen LogP contribution in [0.4, 0.5) is 5.82 Å². The van der Waals surface area contributed by atoms with Gasteiger partial charge in [0, 0.05) is 12.7 Å². The van der Waals surface area contributed by atoms with Gasteiger partial charge in [-0.3, -0.25) is 0 Å². The highest BCUT2D eigenvalue weighted by molar-refractivity contribution is 7.89. The summed E-state index contributed by atoms with van der Waals surface area (Å²) in [4.78, 5) is 14.4. The molecule has 0 saturated heterocycles. The van der Waals surface area contributed by atoms with Gasteiger partial charge in [-0.15, -0.1) is 0 Å². The van der Waals surface area contributed by atoms with E-state index < -0.39 is 21.2 Å². The number of sulfonamides is 1. The van der Waals surface area contributed by atoms with E-state index in [4.69, 9.17) is 10.2 Å². The molecule has 0 aliphatic carbocycles. The molecule has 0 amide bonds. The zero-order chi connectivity index (χ0) is 13.1. The summed E-state index contributed by atoms with van der Waals surface area (Å²) in [6.45, 7) is 1.58. The molecule has 17 heavy (non-hydrogen) atoms. The number of carbonyl (C=O) groups is 1. The summed E-state index contributed by atoms with van der Waals surface area (Å²) in [6, 6.07) is 2.83. The minimum Gasteiger partial charge on any atom is -0.478 e. The number of nitrogens with one attached hydrogen (secondary N) is 1. The van der Waals surface area contributed by atoms with E-state index in [-0.39, 0.29) is 12.1 Å². The molecule has 0 bridgehead atoms. The maximum absolute atomic E-state index is 10.9. The minimum atomic E-state index is -3.58. The first-order valence-electron chi connectivity index (χ1n) is 4.75. The number of aromatic nitrogens is 1. The third kappa shape index (κ3) is 4.00. The second kappa shape index (κ2) is 5.11. The highest BCUT2D eigenvalue weighted by Gasteiger charge is 2.15. The predicted molar refractivity (Wildman–Crippen MR) is 62.3 cm³/mol. The van der Waals surface area contributed by atoms with Crippen LogP contribution in [0.15, 0.2) is 18.3 Å². The van der Waals surface area contributed by atoms with Crippen LogP contribution in [-0.4, -0.2) is 36.3 Å². The molecule has 4 N–H and O–H groups in total. The molecule has 0 radical (unpaired) electrons. The highest BCUT2D eigenvalue weighted by atomic mass is 32.2. The van der Waals surface area contributed by atoms with Crippen LogP contribution < -0.4 is 10.5 Å². The van der Waals surface area contributed by atoms with E-state index in [2.05, 4.69) is 10.3 Å². The second-order valence-corrected chi connectivity index (χ2v) is 5.50. The largest absolute Gasteiger partial charge is 0.478 e. The third-order valence-electron chi connectivity index (χ3n) is 2.14. The lowest BCUT2D eigenvalue weighted by atomic mass is 10.3. The maximum Gasteiger partial charge on any atom is 0.337 e. The molecular formula is C9H13N3O4S. The van der Waals surface area contributed by atoms with Crippen LogP contribution in [0.5, 0.6) is 0 Å². The average Bonchev–Trinajstić information content (AvgIpc) is 2.25. The number of carboxylic acid groups (broad SMARTS) is 1. The molecule has 8 heteroatoms. The summed E-state index contributed by atoms with van der Waals surface area (Å²) < 4.78 is 21.9. The van der Waals surface area contributed by atoms with E-state index in [9.17, 15) is 13.2 Å². The van der Waals surface area contributed by atoms with E-state index >= 15 is 0 Å². The molecule has 0 saturated carbocycles. The lowest BCUT2D eigenvalue weighted by molar-refractivity contribution is 0.0696. The van der Waals surface area contributed by atoms with Crippen molar-refractivity contribution < 1.29 is 18.3 Å². The van der Waals surface area contributed by atoms with Gasteiger partial charge in [0.25, 0.3) is 0 Å². The number of hydrogen-bond donors (Lipinski definition) is 3. The number of carboxylic acids is 1. The SMILES string of the molecule is CC(CNc1ccc(C(=O)O)cn1)S(N)(=O)=O. The predicted octanol–water partition coefficient (Wildman–Crippen LogP) is -0.131. The summed E-state index contributed by atoms with van der Waals surface area (Å²) in [7, 11) is -3.58. The van der Waals surface area contributed by atoms with Gasteiger partial charge >= 0.3 is 5.97 Å². The van der Waals surface area contributed by atoms with Gasteiger partial charge in [0.05, 0.1) is 10.8 Å². The summed E-state index contributed by atoms with van der Waals surface area (Å²) in [5.41, 5.74) is 0.0649. The van der Waals surface area contributed by atoms with E-state index in [1.54, 1.807) is 0 Å². The number of nitrogens with zero attached hydrogens (tertiary/aromatic N) is 1. The molecule has 0 aliphatic heterocycles. The highest BCUT2D eigenvalue weighted by Crippen LogP contribution is 2.06. The third-order valence-corrected chi connectivity index (χ3v) is 3.43. The number of aromatic carboxylic acids is 1. The zero-order valence-electron chi connectivity index (χ0n) is 9.12. The van der Waals surface area contributed by atoms with Gasteiger partial charge in [-0.05, 0) is 19.1 Å². The molecule has 0 spiro atoms. The smallest absolute Gasteiger partial charge is 0.337 e. The Kier molecular flexibility index (Phi) is 4.02. The quantitative estimate of drug-likeness (QED) is 0.677. The lowest BCUT2D eigenvalue weighted by Gasteiger charge is -2.10. The molecule has 1 rings (SSSR count). The Morgan fingerprint density at radius 3 is 2.65 bits per heavy atom. The van der Waals surface area contributed by atoms with Crippen molar-refractivity contribution in [2.24, 2.45) is 5.14 Å². The fourth-order valence-electron chi connectivity index (χ4n) is 0.989. The van der Waals surface area contributed by atoms with Crippen molar-refractivity contribution in [3.05, 3.63) is 23.9 Å². The fourth-order valence-corrected chi connectivity index (χ4v) is 1.31. The van der Waals surface area contributed by atoms with Crippen molar-refractivity contribution in [2.75, 3.05) is 11.9 Å². The Bertz CT molecular complexity index is 497. The zero-order valence-corrected chi connectivity index (χ0v) is 9.94. The van der Waals surface area contributed by atoms with Gasteiger partial charge in [0.2, 0.25) is 10.0 Å². The number of primary sulfonamides is 1. The van der Waals surface area contributed by atoms with E-state index in [0.717, 1.165) is 0 Å². The lowest BCUT2D eigenvalue weighted by Crippen LogP contribution is -2.31. The average molecular weight is 259 g/mol. The van der Waals surface area contributed by atoms with Crippen molar-refractivity contribution >= 4 is 21.8 Å². The van der Waals surface area contributed by atoms with Crippen LogP contribution in [0.3, 0.4) is 0 Å². The number of hydrogen-bond acceptors (Lipinski definition) is 5. The van der Waals surface area contributed by atoms with Gasteiger partial charge < -0.3 is 10.4 Å². The molecule has 7 nitrogen and oxygen atoms in total. The van der Waals surface area contributed by atoms with Crippen LogP contribution in [0.25, 0.3) is 0 Å². The topological polar surface area (TPSA) is 122 Å². The van der Waals surface area contributed by atoms with Crippen LogP contribution >= 0.6 is 0 Å². The van der Waals surface area contributed by atoms with Crippen LogP contribution in [0.2, 0.25) is 0 Å². The normalized spacial score (nSPS) is 13.1. The van der Waals surface area contributed by atoms with Crippen molar-refractivity contribution in [3.63, 3.8) is 0 Å². The van der Waals surface area contributed by atoms with E-state index in [1.807, 2.05) is 0 Å². The van der Waals surface area contributed by atoms with Crippen LogP contribution in [0.1, 0.15) is 17.3 Å². The van der Waals surface area contributed by atoms with Crippen molar-refractivity contribution in [2.45, 2.75) is 12.2 Å². The monoisotopic (exact) mass is 259 g/mol. The Labute approximate surface area is 98.7 Å². The van der Waals surface area contributed by atoms with Crippen LogP contribution in [-0.2, 0) is 10.0 Å². The first-order valence-corrected chi connectivity index (χ1v) is 6.36. The molecule has 1 atom stereocenters. The Hall–Kier alpha value is -1.67.